The number of aliphatic hydroxyl groups is 1. The molecule has 0 saturated carbocycles. The largest absolute Gasteiger partial charge is 0.389 e. The minimum Gasteiger partial charge on any atom is -0.389 e. The van der Waals surface area contributed by atoms with Gasteiger partial charge in [0, 0.05) is 12.7 Å². The molecule has 1 aromatic rings. The van der Waals surface area contributed by atoms with Gasteiger partial charge >= 0.3 is 0 Å². The fraction of sp³-hybridized carbons (Fsp3) is 0.615. The number of hydrogen-bond donors (Lipinski definition) is 1. The molecule has 3 atom stereocenters. The molecule has 4 heteroatoms. The second-order valence-corrected chi connectivity index (χ2v) is 4.77. The van der Waals surface area contributed by atoms with Gasteiger partial charge in [-0.2, -0.15) is 0 Å². The molecule has 0 radical (unpaired) electrons. The van der Waals surface area contributed by atoms with Gasteiger partial charge in [-0.3, -0.25) is 0 Å². The number of anilines is 1. The number of rotatable bonds is 2. The van der Waals surface area contributed by atoms with Crippen LogP contribution in [0.25, 0.3) is 0 Å². The molecule has 0 aromatic carbocycles. The van der Waals surface area contributed by atoms with Crippen LogP contribution in [-0.4, -0.2) is 35.4 Å². The Labute approximate surface area is 102 Å². The average Bonchev–Trinajstić information content (AvgIpc) is 2.32. The molecule has 1 saturated heterocycles. The average molecular weight is 236 g/mol. The second-order valence-electron chi connectivity index (χ2n) is 4.77. The fourth-order valence-corrected chi connectivity index (χ4v) is 2.04. The summed E-state index contributed by atoms with van der Waals surface area (Å²) >= 11 is 0. The lowest BCUT2D eigenvalue weighted by atomic mass is 10.1. The van der Waals surface area contributed by atoms with Crippen molar-refractivity contribution in [1.29, 1.82) is 0 Å². The summed E-state index contributed by atoms with van der Waals surface area (Å²) in [5.74, 6) is 0.956. The van der Waals surface area contributed by atoms with Crippen LogP contribution in [0.15, 0.2) is 18.3 Å². The van der Waals surface area contributed by atoms with Crippen LogP contribution in [0.3, 0.4) is 0 Å². The first-order valence-corrected chi connectivity index (χ1v) is 6.10. The van der Waals surface area contributed by atoms with E-state index in [1.54, 1.807) is 13.1 Å². The molecule has 1 aromatic heterocycles. The van der Waals surface area contributed by atoms with E-state index in [0.717, 1.165) is 24.5 Å². The van der Waals surface area contributed by atoms with Gasteiger partial charge in [-0.1, -0.05) is 6.07 Å². The van der Waals surface area contributed by atoms with Gasteiger partial charge in [-0.25, -0.2) is 4.98 Å². The van der Waals surface area contributed by atoms with Gasteiger partial charge in [-0.05, 0) is 32.4 Å². The highest BCUT2D eigenvalue weighted by Crippen LogP contribution is 2.21. The lowest BCUT2D eigenvalue weighted by Gasteiger charge is -2.37. The van der Waals surface area contributed by atoms with Gasteiger partial charge in [0.15, 0.2) is 0 Å². The summed E-state index contributed by atoms with van der Waals surface area (Å²) in [5, 5.41) is 9.45. The van der Waals surface area contributed by atoms with Gasteiger partial charge in [0.25, 0.3) is 0 Å². The second kappa shape index (κ2) is 5.02. The molecule has 1 N–H and O–H groups in total. The van der Waals surface area contributed by atoms with Gasteiger partial charge in [-0.15, -0.1) is 0 Å². The van der Waals surface area contributed by atoms with Crippen LogP contribution < -0.4 is 4.90 Å². The molecule has 2 rings (SSSR count). The molecule has 0 bridgehead atoms. The van der Waals surface area contributed by atoms with E-state index in [9.17, 15) is 5.11 Å². The van der Waals surface area contributed by atoms with Gasteiger partial charge < -0.3 is 14.7 Å². The number of nitrogens with zero attached hydrogens (tertiary/aromatic N) is 2. The highest BCUT2D eigenvalue weighted by atomic mass is 16.5. The lowest BCUT2D eigenvalue weighted by Crippen LogP contribution is -2.47. The Balaban J connectivity index is 2.15. The molecule has 17 heavy (non-hydrogen) atoms. The molecule has 4 nitrogen and oxygen atoms in total. The van der Waals surface area contributed by atoms with Crippen molar-refractivity contribution in [3.8, 4) is 0 Å². The molecule has 2 heterocycles. The van der Waals surface area contributed by atoms with Crippen molar-refractivity contribution in [2.75, 3.05) is 18.1 Å². The van der Waals surface area contributed by atoms with Crippen molar-refractivity contribution >= 4 is 5.82 Å². The normalized spacial score (nSPS) is 26.9. The quantitative estimate of drug-likeness (QED) is 0.849. The number of aromatic nitrogens is 1. The SMILES string of the molecule is CC1CN(c2ccc(C(C)O)cn2)C(C)CO1. The van der Waals surface area contributed by atoms with Crippen molar-refractivity contribution in [3.63, 3.8) is 0 Å². The van der Waals surface area contributed by atoms with Crippen molar-refractivity contribution in [3.05, 3.63) is 23.9 Å². The van der Waals surface area contributed by atoms with E-state index in [1.165, 1.54) is 0 Å². The van der Waals surface area contributed by atoms with Crippen molar-refractivity contribution in [2.24, 2.45) is 0 Å². The standard InChI is InChI=1S/C13H20N2O2/c1-9-8-17-10(2)7-15(9)13-5-4-12(6-14-13)11(3)16/h4-6,9-11,16H,7-8H2,1-3H3. The maximum Gasteiger partial charge on any atom is 0.128 e. The number of hydrogen-bond acceptors (Lipinski definition) is 4. The summed E-state index contributed by atoms with van der Waals surface area (Å²) in [4.78, 5) is 6.67. The van der Waals surface area contributed by atoms with Gasteiger partial charge in [0.2, 0.25) is 0 Å². The third-order valence-corrected chi connectivity index (χ3v) is 3.16. The molecule has 0 aliphatic carbocycles. The van der Waals surface area contributed by atoms with E-state index < -0.39 is 6.10 Å². The van der Waals surface area contributed by atoms with Gasteiger partial charge in [0.1, 0.15) is 5.82 Å². The Morgan fingerprint density at radius 3 is 2.82 bits per heavy atom. The van der Waals surface area contributed by atoms with Crippen LogP contribution in [0.4, 0.5) is 5.82 Å². The van der Waals surface area contributed by atoms with Crippen LogP contribution in [0.5, 0.6) is 0 Å². The first kappa shape index (κ1) is 12.3. The number of ether oxygens (including phenoxy) is 1. The molecule has 3 unspecified atom stereocenters. The van der Waals surface area contributed by atoms with Crippen molar-refractivity contribution in [1.82, 2.24) is 4.98 Å². The maximum atomic E-state index is 9.45. The summed E-state index contributed by atoms with van der Waals surface area (Å²) in [6.07, 6.45) is 1.52. The zero-order chi connectivity index (χ0) is 12.4. The maximum absolute atomic E-state index is 9.45. The molecule has 1 aliphatic rings. The highest BCUT2D eigenvalue weighted by Gasteiger charge is 2.24. The zero-order valence-electron chi connectivity index (χ0n) is 10.6. The summed E-state index contributed by atoms with van der Waals surface area (Å²) in [6.45, 7) is 7.55. The van der Waals surface area contributed by atoms with E-state index in [-0.39, 0.29) is 6.10 Å². The van der Waals surface area contributed by atoms with E-state index in [1.807, 2.05) is 12.1 Å². The smallest absolute Gasteiger partial charge is 0.128 e. The van der Waals surface area contributed by atoms with E-state index in [2.05, 4.69) is 23.7 Å². The summed E-state index contributed by atoms with van der Waals surface area (Å²) in [5.41, 5.74) is 0.850. The molecular weight excluding hydrogens is 216 g/mol. The van der Waals surface area contributed by atoms with Crippen LogP contribution in [0, 0.1) is 0 Å². The lowest BCUT2D eigenvalue weighted by molar-refractivity contribution is 0.0340. The van der Waals surface area contributed by atoms with Crippen LogP contribution in [-0.2, 0) is 4.74 Å². The third kappa shape index (κ3) is 2.76. The van der Waals surface area contributed by atoms with E-state index in [4.69, 9.17) is 4.74 Å². The summed E-state index contributed by atoms with van der Waals surface area (Å²) < 4.78 is 5.59. The Hall–Kier alpha value is -1.13. The van der Waals surface area contributed by atoms with Gasteiger partial charge in [0.05, 0.1) is 24.9 Å². The minimum atomic E-state index is -0.461. The van der Waals surface area contributed by atoms with Crippen LogP contribution in [0.2, 0.25) is 0 Å². The first-order chi connectivity index (χ1) is 8.08. The topological polar surface area (TPSA) is 45.6 Å². The molecule has 0 spiro atoms. The molecule has 94 valence electrons. The van der Waals surface area contributed by atoms with Crippen molar-refractivity contribution < 1.29 is 9.84 Å². The zero-order valence-corrected chi connectivity index (χ0v) is 10.6. The molecule has 1 aliphatic heterocycles. The number of pyridine rings is 1. The fourth-order valence-electron chi connectivity index (χ4n) is 2.04. The van der Waals surface area contributed by atoms with Crippen molar-refractivity contribution in [2.45, 2.75) is 39.0 Å². The summed E-state index contributed by atoms with van der Waals surface area (Å²) in [6, 6.07) is 4.24. The first-order valence-electron chi connectivity index (χ1n) is 6.10. The third-order valence-electron chi connectivity index (χ3n) is 3.16. The van der Waals surface area contributed by atoms with E-state index >= 15 is 0 Å². The highest BCUT2D eigenvalue weighted by molar-refractivity contribution is 5.41. The predicted molar refractivity (Wildman–Crippen MR) is 67.1 cm³/mol. The molecule has 0 amide bonds. The summed E-state index contributed by atoms with van der Waals surface area (Å²) in [7, 11) is 0. The Bertz CT molecular complexity index is 364. The van der Waals surface area contributed by atoms with E-state index in [0.29, 0.717) is 6.04 Å². The minimum absolute atomic E-state index is 0.240. The molecular formula is C13H20N2O2. The monoisotopic (exact) mass is 236 g/mol. The Kier molecular flexibility index (Phi) is 3.64. The van der Waals surface area contributed by atoms with Crippen LogP contribution >= 0.6 is 0 Å². The molecule has 1 fully saturated rings. The van der Waals surface area contributed by atoms with Crippen LogP contribution in [0.1, 0.15) is 32.4 Å². The number of aliphatic hydroxyl groups excluding tert-OH is 1. The Morgan fingerprint density at radius 1 is 1.47 bits per heavy atom. The predicted octanol–water partition coefficient (Wildman–Crippen LogP) is 1.75. The Morgan fingerprint density at radius 2 is 2.24 bits per heavy atom. The number of morpholine rings is 1.